The maximum atomic E-state index is 11.5. The number of nitrogens with one attached hydrogen (secondary N) is 2. The van der Waals surface area contributed by atoms with E-state index in [0.717, 1.165) is 38.2 Å². The van der Waals surface area contributed by atoms with Crippen LogP contribution in [0.3, 0.4) is 0 Å². The van der Waals surface area contributed by atoms with E-state index in [2.05, 4.69) is 22.2 Å². The first-order valence-corrected chi connectivity index (χ1v) is 7.66. The molecule has 0 atom stereocenters. The Kier molecular flexibility index (Phi) is 10.4. The van der Waals surface area contributed by atoms with Crippen LogP contribution in [0.1, 0.15) is 52.9 Å². The number of nitrogens with zero attached hydrogens (tertiary/aromatic N) is 1. The van der Waals surface area contributed by atoms with E-state index in [-0.39, 0.29) is 11.6 Å². The molecule has 0 aromatic rings. The molecular formula is C16H31N3O2. The van der Waals surface area contributed by atoms with Gasteiger partial charge in [0.25, 0.3) is 0 Å². The average Bonchev–Trinajstić information content (AvgIpc) is 2.39. The number of aliphatic imine (C=N–C) groups is 1. The van der Waals surface area contributed by atoms with Gasteiger partial charge in [-0.15, -0.1) is 6.58 Å². The molecule has 0 aromatic heterocycles. The van der Waals surface area contributed by atoms with Gasteiger partial charge in [0.1, 0.15) is 5.60 Å². The van der Waals surface area contributed by atoms with Gasteiger partial charge in [-0.25, -0.2) is 0 Å². The van der Waals surface area contributed by atoms with E-state index in [0.29, 0.717) is 13.0 Å². The SMILES string of the molecule is C=CCNC(=NC)NCCCCCCC(=O)OC(C)(C)C. The molecule has 0 radical (unpaired) electrons. The quantitative estimate of drug-likeness (QED) is 0.226. The summed E-state index contributed by atoms with van der Waals surface area (Å²) in [6, 6.07) is 0. The second-order valence-electron chi connectivity index (χ2n) is 5.92. The van der Waals surface area contributed by atoms with Gasteiger partial charge in [0, 0.05) is 26.6 Å². The lowest BCUT2D eigenvalue weighted by molar-refractivity contribution is -0.154. The molecule has 0 aromatic carbocycles. The number of hydrogen-bond acceptors (Lipinski definition) is 3. The van der Waals surface area contributed by atoms with Gasteiger partial charge in [-0.3, -0.25) is 9.79 Å². The number of ether oxygens (including phenoxy) is 1. The minimum atomic E-state index is -0.380. The molecule has 0 saturated heterocycles. The summed E-state index contributed by atoms with van der Waals surface area (Å²) < 4.78 is 5.27. The highest BCUT2D eigenvalue weighted by Gasteiger charge is 2.15. The molecule has 5 nitrogen and oxygen atoms in total. The van der Waals surface area contributed by atoms with Crippen LogP contribution in [0.25, 0.3) is 0 Å². The van der Waals surface area contributed by atoms with Crippen molar-refractivity contribution in [1.29, 1.82) is 0 Å². The fourth-order valence-corrected chi connectivity index (χ4v) is 1.74. The van der Waals surface area contributed by atoms with Gasteiger partial charge in [0.15, 0.2) is 5.96 Å². The molecule has 122 valence electrons. The van der Waals surface area contributed by atoms with Crippen molar-refractivity contribution in [1.82, 2.24) is 10.6 Å². The molecule has 0 rings (SSSR count). The highest BCUT2D eigenvalue weighted by molar-refractivity contribution is 5.79. The number of rotatable bonds is 9. The Hall–Kier alpha value is -1.52. The minimum Gasteiger partial charge on any atom is -0.460 e. The molecule has 0 aliphatic rings. The molecule has 0 aliphatic heterocycles. The second kappa shape index (κ2) is 11.2. The van der Waals surface area contributed by atoms with Crippen LogP contribution >= 0.6 is 0 Å². The molecule has 0 bridgehead atoms. The molecule has 0 spiro atoms. The summed E-state index contributed by atoms with van der Waals surface area (Å²) in [4.78, 5) is 15.6. The molecule has 0 fully saturated rings. The van der Waals surface area contributed by atoms with Crippen molar-refractivity contribution < 1.29 is 9.53 Å². The van der Waals surface area contributed by atoms with Crippen LogP contribution in [-0.2, 0) is 9.53 Å². The van der Waals surface area contributed by atoms with Gasteiger partial charge in [-0.1, -0.05) is 18.9 Å². The Morgan fingerprint density at radius 2 is 1.86 bits per heavy atom. The summed E-state index contributed by atoms with van der Waals surface area (Å²) in [5.41, 5.74) is -0.380. The number of unbranched alkanes of at least 4 members (excludes halogenated alkanes) is 3. The summed E-state index contributed by atoms with van der Waals surface area (Å²) in [7, 11) is 1.75. The predicted octanol–water partition coefficient (Wildman–Crippen LogP) is 2.63. The third-order valence-electron chi connectivity index (χ3n) is 2.66. The number of carbonyl (C=O) groups is 1. The zero-order valence-corrected chi connectivity index (χ0v) is 14.0. The molecule has 21 heavy (non-hydrogen) atoms. The molecule has 2 N–H and O–H groups in total. The topological polar surface area (TPSA) is 62.7 Å². The number of carbonyl (C=O) groups excluding carboxylic acids is 1. The third-order valence-corrected chi connectivity index (χ3v) is 2.66. The Morgan fingerprint density at radius 1 is 1.19 bits per heavy atom. The zero-order chi connectivity index (χ0) is 16.1. The lowest BCUT2D eigenvalue weighted by Gasteiger charge is -2.19. The Bertz CT molecular complexity index is 333. The fraction of sp³-hybridized carbons (Fsp3) is 0.750. The van der Waals surface area contributed by atoms with Crippen LogP contribution in [0.5, 0.6) is 0 Å². The van der Waals surface area contributed by atoms with Crippen LogP contribution in [0.15, 0.2) is 17.6 Å². The van der Waals surface area contributed by atoms with Crippen molar-refractivity contribution in [3.05, 3.63) is 12.7 Å². The summed E-state index contributed by atoms with van der Waals surface area (Å²) in [5, 5.41) is 6.35. The van der Waals surface area contributed by atoms with Crippen molar-refractivity contribution in [3.8, 4) is 0 Å². The Morgan fingerprint density at radius 3 is 2.43 bits per heavy atom. The van der Waals surface area contributed by atoms with Gasteiger partial charge >= 0.3 is 5.97 Å². The van der Waals surface area contributed by atoms with Crippen LogP contribution in [0, 0.1) is 0 Å². The van der Waals surface area contributed by atoms with Crippen molar-refractivity contribution in [2.24, 2.45) is 4.99 Å². The van der Waals surface area contributed by atoms with Crippen molar-refractivity contribution in [2.45, 2.75) is 58.5 Å². The van der Waals surface area contributed by atoms with E-state index < -0.39 is 0 Å². The van der Waals surface area contributed by atoms with Gasteiger partial charge in [-0.05, 0) is 33.6 Å². The standard InChI is InChI=1S/C16H31N3O2/c1-6-12-18-15(17-5)19-13-10-8-7-9-11-14(20)21-16(2,3)4/h6H,1,7-13H2,2-5H3,(H2,17,18,19). The lowest BCUT2D eigenvalue weighted by Crippen LogP contribution is -2.37. The van der Waals surface area contributed by atoms with E-state index in [9.17, 15) is 4.79 Å². The van der Waals surface area contributed by atoms with Crippen LogP contribution in [0.4, 0.5) is 0 Å². The summed E-state index contributed by atoms with van der Waals surface area (Å²) >= 11 is 0. The minimum absolute atomic E-state index is 0.102. The predicted molar refractivity (Wildman–Crippen MR) is 88.5 cm³/mol. The monoisotopic (exact) mass is 297 g/mol. The first kappa shape index (κ1) is 19.5. The Balaban J connectivity index is 3.52. The molecule has 5 heteroatoms. The molecule has 0 saturated carbocycles. The number of esters is 1. The highest BCUT2D eigenvalue weighted by atomic mass is 16.6. The van der Waals surface area contributed by atoms with E-state index in [1.807, 2.05) is 20.8 Å². The van der Waals surface area contributed by atoms with Gasteiger partial charge in [0.05, 0.1) is 0 Å². The van der Waals surface area contributed by atoms with Crippen molar-refractivity contribution in [3.63, 3.8) is 0 Å². The summed E-state index contributed by atoms with van der Waals surface area (Å²) in [5.74, 6) is 0.693. The van der Waals surface area contributed by atoms with Crippen LogP contribution in [0.2, 0.25) is 0 Å². The van der Waals surface area contributed by atoms with E-state index in [1.165, 1.54) is 0 Å². The summed E-state index contributed by atoms with van der Waals surface area (Å²) in [6.45, 7) is 10.9. The maximum absolute atomic E-state index is 11.5. The first-order valence-electron chi connectivity index (χ1n) is 7.66. The highest BCUT2D eigenvalue weighted by Crippen LogP contribution is 2.10. The van der Waals surface area contributed by atoms with Crippen molar-refractivity contribution >= 4 is 11.9 Å². The third kappa shape index (κ3) is 13.2. The summed E-state index contributed by atoms with van der Waals surface area (Å²) in [6.07, 6.45) is 6.38. The fourth-order valence-electron chi connectivity index (χ4n) is 1.74. The molecule has 0 heterocycles. The van der Waals surface area contributed by atoms with Crippen LogP contribution < -0.4 is 10.6 Å². The molecule has 0 unspecified atom stereocenters. The van der Waals surface area contributed by atoms with E-state index in [4.69, 9.17) is 4.74 Å². The first-order chi connectivity index (χ1) is 9.89. The number of guanidine groups is 1. The lowest BCUT2D eigenvalue weighted by atomic mass is 10.1. The van der Waals surface area contributed by atoms with Crippen LogP contribution in [-0.4, -0.2) is 37.7 Å². The number of hydrogen-bond donors (Lipinski definition) is 2. The second-order valence-corrected chi connectivity index (χ2v) is 5.92. The zero-order valence-electron chi connectivity index (χ0n) is 14.0. The average molecular weight is 297 g/mol. The smallest absolute Gasteiger partial charge is 0.306 e. The van der Waals surface area contributed by atoms with Gasteiger partial charge in [-0.2, -0.15) is 0 Å². The molecule has 0 aliphatic carbocycles. The largest absolute Gasteiger partial charge is 0.460 e. The van der Waals surface area contributed by atoms with E-state index >= 15 is 0 Å². The van der Waals surface area contributed by atoms with Gasteiger partial charge < -0.3 is 15.4 Å². The maximum Gasteiger partial charge on any atom is 0.306 e. The molecular weight excluding hydrogens is 266 g/mol. The van der Waals surface area contributed by atoms with Gasteiger partial charge in [0.2, 0.25) is 0 Å². The van der Waals surface area contributed by atoms with Crippen molar-refractivity contribution in [2.75, 3.05) is 20.1 Å². The molecule has 0 amide bonds. The normalized spacial score (nSPS) is 11.9. The van der Waals surface area contributed by atoms with E-state index in [1.54, 1.807) is 13.1 Å². The Labute approximate surface area is 129 Å².